The molecule has 0 fully saturated rings. The molecule has 5 nitrogen and oxygen atoms in total. The number of benzene rings is 2. The van der Waals surface area contributed by atoms with Gasteiger partial charge in [-0.1, -0.05) is 41.4 Å². The number of nitrogen functional groups attached to an aromatic ring is 1. The van der Waals surface area contributed by atoms with E-state index in [-0.39, 0.29) is 22.1 Å². The van der Waals surface area contributed by atoms with Crippen molar-refractivity contribution in [2.24, 2.45) is 0 Å². The van der Waals surface area contributed by atoms with E-state index in [9.17, 15) is 13.6 Å². The second-order valence-corrected chi connectivity index (χ2v) is 6.28. The molecule has 1 heterocycles. The summed E-state index contributed by atoms with van der Waals surface area (Å²) in [7, 11) is 1.21. The van der Waals surface area contributed by atoms with Gasteiger partial charge in [0.2, 0.25) is 0 Å². The Bertz CT molecular complexity index is 1060. The molecule has 144 valence electrons. The molecule has 2 N–H and O–H groups in total. The van der Waals surface area contributed by atoms with Gasteiger partial charge in [0, 0.05) is 5.56 Å². The molecular formula is C19H12Cl2F2N2O3. The number of methoxy groups -OCH3 is 1. The van der Waals surface area contributed by atoms with E-state index in [1.54, 1.807) is 18.2 Å². The smallest absolute Gasteiger partial charge is 0.363 e. The first kappa shape index (κ1) is 19.9. The molecule has 0 atom stereocenters. The number of hydrogen-bond donors (Lipinski definition) is 1. The minimum Gasteiger partial charge on any atom is -0.492 e. The monoisotopic (exact) mass is 424 g/mol. The Kier molecular flexibility index (Phi) is 5.67. The van der Waals surface area contributed by atoms with Crippen LogP contribution < -0.4 is 15.2 Å². The second-order valence-electron chi connectivity index (χ2n) is 5.50. The molecule has 0 aliphatic rings. The quantitative estimate of drug-likeness (QED) is 0.463. The van der Waals surface area contributed by atoms with Crippen molar-refractivity contribution in [2.75, 3.05) is 12.8 Å². The summed E-state index contributed by atoms with van der Waals surface area (Å²) < 4.78 is 39.4. The highest BCUT2D eigenvalue weighted by Gasteiger charge is 2.26. The number of halogens is 4. The standard InChI is InChI=1S/C19H12Cl2F2N2O3/c1-27-18-11(20)8-7-10(13(18)22)16-14(23)15(24)12(21)17(25-16)19(26)28-9-5-3-2-4-6-9/h2-8H,1H3,(H2,24,25). The van der Waals surface area contributed by atoms with E-state index in [1.807, 2.05) is 0 Å². The van der Waals surface area contributed by atoms with Gasteiger partial charge in [0.15, 0.2) is 23.1 Å². The van der Waals surface area contributed by atoms with E-state index in [0.29, 0.717) is 0 Å². The zero-order valence-corrected chi connectivity index (χ0v) is 15.8. The summed E-state index contributed by atoms with van der Waals surface area (Å²) in [6, 6.07) is 10.6. The first-order valence-corrected chi connectivity index (χ1v) is 8.54. The maximum atomic E-state index is 14.7. The van der Waals surface area contributed by atoms with E-state index < -0.39 is 39.7 Å². The van der Waals surface area contributed by atoms with Crippen LogP contribution in [0.15, 0.2) is 42.5 Å². The molecule has 0 spiro atoms. The van der Waals surface area contributed by atoms with Crippen molar-refractivity contribution in [3.8, 4) is 22.8 Å². The minimum absolute atomic E-state index is 0.0187. The lowest BCUT2D eigenvalue weighted by atomic mass is 10.1. The van der Waals surface area contributed by atoms with Crippen molar-refractivity contribution < 1.29 is 23.0 Å². The van der Waals surface area contributed by atoms with Gasteiger partial charge < -0.3 is 15.2 Å². The number of carbonyl (C=O) groups excluding carboxylic acids is 1. The van der Waals surface area contributed by atoms with E-state index in [4.69, 9.17) is 38.4 Å². The number of ether oxygens (including phenoxy) is 2. The molecule has 1 aromatic heterocycles. The van der Waals surface area contributed by atoms with Gasteiger partial charge >= 0.3 is 5.97 Å². The summed E-state index contributed by atoms with van der Waals surface area (Å²) in [6.07, 6.45) is 0. The normalized spacial score (nSPS) is 10.6. The maximum absolute atomic E-state index is 14.7. The predicted octanol–water partition coefficient (Wildman–Crippen LogP) is 5.14. The third-order valence-corrected chi connectivity index (χ3v) is 4.45. The topological polar surface area (TPSA) is 74.4 Å². The molecule has 3 rings (SSSR count). The van der Waals surface area contributed by atoms with E-state index in [1.165, 1.54) is 31.4 Å². The third kappa shape index (κ3) is 3.58. The Morgan fingerprint density at radius 1 is 1.07 bits per heavy atom. The van der Waals surface area contributed by atoms with Crippen LogP contribution in [0.3, 0.4) is 0 Å². The van der Waals surface area contributed by atoms with E-state index in [0.717, 1.165) is 0 Å². The summed E-state index contributed by atoms with van der Waals surface area (Å²) in [5.74, 6) is -3.13. The Balaban J connectivity index is 2.13. The minimum atomic E-state index is -1.09. The first-order valence-electron chi connectivity index (χ1n) is 7.79. The zero-order chi connectivity index (χ0) is 20.4. The van der Waals surface area contributed by atoms with Gasteiger partial charge in [0.05, 0.1) is 22.8 Å². The van der Waals surface area contributed by atoms with Crippen LogP contribution in [-0.2, 0) is 0 Å². The van der Waals surface area contributed by atoms with E-state index >= 15 is 0 Å². The lowest BCUT2D eigenvalue weighted by Gasteiger charge is -2.13. The molecule has 0 amide bonds. The fourth-order valence-corrected chi connectivity index (χ4v) is 2.85. The van der Waals surface area contributed by atoms with Crippen LogP contribution in [0.2, 0.25) is 10.0 Å². The molecule has 0 bridgehead atoms. The molecule has 0 aliphatic heterocycles. The fourth-order valence-electron chi connectivity index (χ4n) is 2.42. The summed E-state index contributed by atoms with van der Waals surface area (Å²) in [5, 5.41) is -0.460. The van der Waals surface area contributed by atoms with Gasteiger partial charge in [-0.15, -0.1) is 0 Å². The van der Waals surface area contributed by atoms with Crippen LogP contribution >= 0.6 is 23.2 Å². The van der Waals surface area contributed by atoms with Gasteiger partial charge in [-0.3, -0.25) is 0 Å². The number of nitrogens with two attached hydrogens (primary N) is 1. The molecule has 0 aliphatic carbocycles. The molecule has 2 aromatic carbocycles. The highest BCUT2D eigenvalue weighted by molar-refractivity contribution is 6.36. The molecule has 0 unspecified atom stereocenters. The second kappa shape index (κ2) is 8.00. The van der Waals surface area contributed by atoms with Gasteiger partial charge in [0.1, 0.15) is 11.4 Å². The van der Waals surface area contributed by atoms with Crippen LogP contribution in [0.1, 0.15) is 10.5 Å². The number of esters is 1. The van der Waals surface area contributed by atoms with Crippen molar-refractivity contribution in [3.63, 3.8) is 0 Å². The highest BCUT2D eigenvalue weighted by atomic mass is 35.5. The molecule has 0 saturated carbocycles. The van der Waals surface area contributed by atoms with Crippen LogP contribution in [0, 0.1) is 11.6 Å². The molecule has 28 heavy (non-hydrogen) atoms. The van der Waals surface area contributed by atoms with Gasteiger partial charge in [-0.2, -0.15) is 0 Å². The number of hydrogen-bond acceptors (Lipinski definition) is 5. The number of rotatable bonds is 4. The summed E-state index contributed by atoms with van der Waals surface area (Å²) in [5.41, 5.74) is 3.79. The number of para-hydroxylation sites is 1. The molecule has 3 aromatic rings. The van der Waals surface area contributed by atoms with Gasteiger partial charge in [0.25, 0.3) is 0 Å². The van der Waals surface area contributed by atoms with Gasteiger partial charge in [-0.05, 0) is 24.3 Å². The fraction of sp³-hybridized carbons (Fsp3) is 0.0526. The Morgan fingerprint density at radius 2 is 1.75 bits per heavy atom. The van der Waals surface area contributed by atoms with Crippen LogP contribution in [0.25, 0.3) is 11.3 Å². The average molecular weight is 425 g/mol. The number of anilines is 1. The summed E-state index contributed by atoms with van der Waals surface area (Å²) in [6.45, 7) is 0. The predicted molar refractivity (Wildman–Crippen MR) is 102 cm³/mol. The SMILES string of the molecule is COc1c(Cl)ccc(-c2nc(C(=O)Oc3ccccc3)c(Cl)c(N)c2F)c1F. The van der Waals surface area contributed by atoms with Crippen LogP contribution in [0.4, 0.5) is 14.5 Å². The molecule has 0 saturated heterocycles. The lowest BCUT2D eigenvalue weighted by molar-refractivity contribution is 0.0729. The maximum Gasteiger partial charge on any atom is 0.363 e. The van der Waals surface area contributed by atoms with E-state index in [2.05, 4.69) is 4.98 Å². The van der Waals surface area contributed by atoms with Crippen LogP contribution in [0.5, 0.6) is 11.5 Å². The Labute approximate surface area is 168 Å². The lowest BCUT2D eigenvalue weighted by Crippen LogP contribution is -2.14. The third-order valence-electron chi connectivity index (χ3n) is 3.77. The molecule has 9 heteroatoms. The van der Waals surface area contributed by atoms with Crippen LogP contribution in [-0.4, -0.2) is 18.1 Å². The zero-order valence-electron chi connectivity index (χ0n) is 14.3. The summed E-state index contributed by atoms with van der Waals surface area (Å²) >= 11 is 11.8. The first-order chi connectivity index (χ1) is 13.3. The Hall–Kier alpha value is -2.90. The van der Waals surface area contributed by atoms with Crippen molar-refractivity contribution in [2.45, 2.75) is 0 Å². The van der Waals surface area contributed by atoms with Crippen molar-refractivity contribution in [1.82, 2.24) is 4.98 Å². The number of carbonyl (C=O) groups is 1. The number of aromatic nitrogens is 1. The van der Waals surface area contributed by atoms with Crippen molar-refractivity contribution in [3.05, 3.63) is 69.8 Å². The summed E-state index contributed by atoms with van der Waals surface area (Å²) in [4.78, 5) is 16.3. The molecular weight excluding hydrogens is 413 g/mol. The highest BCUT2D eigenvalue weighted by Crippen LogP contribution is 2.38. The Morgan fingerprint density at radius 3 is 2.39 bits per heavy atom. The number of nitrogens with zero attached hydrogens (tertiary/aromatic N) is 1. The number of pyridine rings is 1. The molecule has 0 radical (unpaired) electrons. The largest absolute Gasteiger partial charge is 0.492 e. The van der Waals surface area contributed by atoms with Gasteiger partial charge in [-0.25, -0.2) is 18.6 Å². The average Bonchev–Trinajstić information content (AvgIpc) is 2.68. The van der Waals surface area contributed by atoms with Crippen molar-refractivity contribution in [1.29, 1.82) is 0 Å². The van der Waals surface area contributed by atoms with Crippen molar-refractivity contribution >= 4 is 34.9 Å².